The average Bonchev–Trinajstić information content (AvgIpc) is 2.26. The Hall–Kier alpha value is -0.570. The topological polar surface area (TPSA) is 46.3 Å². The molecule has 1 aliphatic heterocycles. The molecule has 2 N–H and O–H groups in total. The minimum Gasteiger partial charge on any atom is -0.338 e. The molecule has 1 rings (SSSR count). The van der Waals surface area contributed by atoms with Crippen LogP contribution >= 0.6 is 0 Å². The van der Waals surface area contributed by atoms with Gasteiger partial charge in [-0.05, 0) is 31.6 Å². The molecule has 1 fully saturated rings. The summed E-state index contributed by atoms with van der Waals surface area (Å²) >= 11 is 0. The van der Waals surface area contributed by atoms with Gasteiger partial charge in [-0.2, -0.15) is 0 Å². The lowest BCUT2D eigenvalue weighted by atomic mass is 9.96. The second-order valence-electron chi connectivity index (χ2n) is 4.86. The zero-order valence-corrected chi connectivity index (χ0v) is 10.2. The van der Waals surface area contributed by atoms with Gasteiger partial charge in [0.2, 0.25) is 5.91 Å². The average molecular weight is 212 g/mol. The first kappa shape index (κ1) is 12.5. The van der Waals surface area contributed by atoms with Crippen LogP contribution in [-0.2, 0) is 4.79 Å². The van der Waals surface area contributed by atoms with Crippen LogP contribution in [0.5, 0.6) is 0 Å². The van der Waals surface area contributed by atoms with Gasteiger partial charge in [0.05, 0.1) is 6.04 Å². The van der Waals surface area contributed by atoms with Crippen molar-refractivity contribution in [2.45, 2.75) is 58.5 Å². The molecule has 0 aromatic rings. The van der Waals surface area contributed by atoms with Crippen molar-refractivity contribution >= 4 is 5.91 Å². The summed E-state index contributed by atoms with van der Waals surface area (Å²) in [6.07, 6.45) is 4.58. The lowest BCUT2D eigenvalue weighted by molar-refractivity contribution is -0.137. The minimum absolute atomic E-state index is 0.150. The highest BCUT2D eigenvalue weighted by atomic mass is 16.2. The molecule has 0 radical (unpaired) electrons. The lowest BCUT2D eigenvalue weighted by Gasteiger charge is -2.37. The molecule has 2 atom stereocenters. The van der Waals surface area contributed by atoms with Crippen LogP contribution in [0.1, 0.15) is 46.5 Å². The maximum atomic E-state index is 12.1. The van der Waals surface area contributed by atoms with Crippen LogP contribution in [0.15, 0.2) is 0 Å². The summed E-state index contributed by atoms with van der Waals surface area (Å²) in [5.74, 6) is 0.383. The van der Waals surface area contributed by atoms with Crippen molar-refractivity contribution in [1.29, 1.82) is 0 Å². The van der Waals surface area contributed by atoms with E-state index in [0.29, 0.717) is 6.04 Å². The highest BCUT2D eigenvalue weighted by molar-refractivity contribution is 5.82. The summed E-state index contributed by atoms with van der Waals surface area (Å²) in [6, 6.07) is 0.105. The number of hydrogen-bond acceptors (Lipinski definition) is 2. The normalized spacial score (nSPS) is 24.3. The first-order valence-electron chi connectivity index (χ1n) is 6.14. The molecule has 1 heterocycles. The first-order valence-corrected chi connectivity index (χ1v) is 6.14. The molecular formula is C12H24N2O. The van der Waals surface area contributed by atoms with Crippen LogP contribution in [0, 0.1) is 5.92 Å². The molecule has 1 amide bonds. The molecule has 0 bridgehead atoms. The van der Waals surface area contributed by atoms with Gasteiger partial charge in [0.1, 0.15) is 0 Å². The first-order chi connectivity index (χ1) is 7.07. The van der Waals surface area contributed by atoms with Crippen molar-refractivity contribution in [2.75, 3.05) is 6.54 Å². The molecule has 1 aliphatic rings. The predicted molar refractivity (Wildman–Crippen MR) is 62.5 cm³/mol. The van der Waals surface area contributed by atoms with Crippen molar-refractivity contribution < 1.29 is 4.79 Å². The highest BCUT2D eigenvalue weighted by Crippen LogP contribution is 2.20. The van der Waals surface area contributed by atoms with E-state index >= 15 is 0 Å². The summed E-state index contributed by atoms with van der Waals surface area (Å²) < 4.78 is 0. The number of carbonyl (C=O) groups excluding carboxylic acids is 1. The van der Waals surface area contributed by atoms with E-state index in [4.69, 9.17) is 5.73 Å². The van der Waals surface area contributed by atoms with Crippen molar-refractivity contribution in [1.82, 2.24) is 4.90 Å². The fraction of sp³-hybridized carbons (Fsp3) is 0.917. The second-order valence-corrected chi connectivity index (χ2v) is 4.86. The number of likely N-dealkylation sites (tertiary alicyclic amines) is 1. The predicted octanol–water partition coefficient (Wildman–Crippen LogP) is 1.76. The summed E-state index contributed by atoms with van der Waals surface area (Å²) in [5.41, 5.74) is 5.92. The van der Waals surface area contributed by atoms with E-state index in [2.05, 4.69) is 6.92 Å². The van der Waals surface area contributed by atoms with Crippen LogP contribution in [0.4, 0.5) is 0 Å². The number of piperidine rings is 1. The molecule has 0 unspecified atom stereocenters. The standard InChI is InChI=1S/C12H24N2O/c1-4-10-7-5-6-8-14(10)12(15)11(13)9(2)3/h9-11H,4-8,13H2,1-3H3/t10-,11-/m0/s1. The Morgan fingerprint density at radius 1 is 1.47 bits per heavy atom. The van der Waals surface area contributed by atoms with Crippen molar-refractivity contribution in [3.63, 3.8) is 0 Å². The van der Waals surface area contributed by atoms with Crippen LogP contribution in [0.3, 0.4) is 0 Å². The zero-order chi connectivity index (χ0) is 11.4. The summed E-state index contributed by atoms with van der Waals surface area (Å²) in [7, 11) is 0. The van der Waals surface area contributed by atoms with E-state index in [9.17, 15) is 4.79 Å². The monoisotopic (exact) mass is 212 g/mol. The molecule has 0 aliphatic carbocycles. The van der Waals surface area contributed by atoms with Crippen molar-refractivity contribution in [3.8, 4) is 0 Å². The largest absolute Gasteiger partial charge is 0.338 e. The van der Waals surface area contributed by atoms with Gasteiger partial charge in [0.25, 0.3) is 0 Å². The summed E-state index contributed by atoms with van der Waals surface area (Å²) in [6.45, 7) is 7.07. The van der Waals surface area contributed by atoms with Gasteiger partial charge in [0, 0.05) is 12.6 Å². The molecule has 1 saturated heterocycles. The van der Waals surface area contributed by atoms with Crippen molar-refractivity contribution in [3.05, 3.63) is 0 Å². The SMILES string of the molecule is CC[C@H]1CCCCN1C(=O)[C@@H](N)C(C)C. The number of nitrogens with zero attached hydrogens (tertiary/aromatic N) is 1. The minimum atomic E-state index is -0.322. The number of hydrogen-bond donors (Lipinski definition) is 1. The number of rotatable bonds is 3. The molecule has 0 saturated carbocycles. The van der Waals surface area contributed by atoms with E-state index in [0.717, 1.165) is 25.8 Å². The smallest absolute Gasteiger partial charge is 0.239 e. The molecule has 0 aromatic heterocycles. The number of amides is 1. The molecule has 88 valence electrons. The number of nitrogens with two attached hydrogens (primary N) is 1. The highest BCUT2D eigenvalue weighted by Gasteiger charge is 2.29. The zero-order valence-electron chi connectivity index (χ0n) is 10.2. The van der Waals surface area contributed by atoms with E-state index in [1.807, 2.05) is 18.7 Å². The molecule has 0 aromatic carbocycles. The molecule has 3 heteroatoms. The Morgan fingerprint density at radius 2 is 2.13 bits per heavy atom. The fourth-order valence-corrected chi connectivity index (χ4v) is 2.19. The molecule has 15 heavy (non-hydrogen) atoms. The van der Waals surface area contributed by atoms with Crippen molar-refractivity contribution in [2.24, 2.45) is 11.7 Å². The fourth-order valence-electron chi connectivity index (χ4n) is 2.19. The van der Waals surface area contributed by atoms with Gasteiger partial charge >= 0.3 is 0 Å². The van der Waals surface area contributed by atoms with Crippen LogP contribution in [0.25, 0.3) is 0 Å². The molecule has 0 spiro atoms. The van der Waals surface area contributed by atoms with Crippen LogP contribution in [-0.4, -0.2) is 29.4 Å². The Morgan fingerprint density at radius 3 is 2.67 bits per heavy atom. The van der Waals surface area contributed by atoms with E-state index in [1.165, 1.54) is 6.42 Å². The third kappa shape index (κ3) is 2.94. The third-order valence-corrected chi connectivity index (χ3v) is 3.38. The molecular weight excluding hydrogens is 188 g/mol. The Kier molecular flexibility index (Phi) is 4.58. The Bertz CT molecular complexity index is 216. The van der Waals surface area contributed by atoms with E-state index in [1.54, 1.807) is 0 Å². The van der Waals surface area contributed by atoms with E-state index in [-0.39, 0.29) is 17.9 Å². The maximum Gasteiger partial charge on any atom is 0.239 e. The van der Waals surface area contributed by atoms with Crippen LogP contribution < -0.4 is 5.73 Å². The Balaban J connectivity index is 2.63. The quantitative estimate of drug-likeness (QED) is 0.775. The van der Waals surface area contributed by atoms with Gasteiger partial charge in [0.15, 0.2) is 0 Å². The van der Waals surface area contributed by atoms with Crippen LogP contribution in [0.2, 0.25) is 0 Å². The number of carbonyl (C=O) groups is 1. The summed E-state index contributed by atoms with van der Waals surface area (Å²) in [5, 5.41) is 0. The van der Waals surface area contributed by atoms with Gasteiger partial charge in [-0.1, -0.05) is 20.8 Å². The lowest BCUT2D eigenvalue weighted by Crippen LogP contribution is -2.52. The van der Waals surface area contributed by atoms with Gasteiger partial charge < -0.3 is 10.6 Å². The Labute approximate surface area is 93.0 Å². The summed E-state index contributed by atoms with van der Waals surface area (Å²) in [4.78, 5) is 14.1. The van der Waals surface area contributed by atoms with Gasteiger partial charge in [-0.15, -0.1) is 0 Å². The second kappa shape index (κ2) is 5.50. The third-order valence-electron chi connectivity index (χ3n) is 3.38. The van der Waals surface area contributed by atoms with Gasteiger partial charge in [-0.3, -0.25) is 4.79 Å². The molecule has 3 nitrogen and oxygen atoms in total. The van der Waals surface area contributed by atoms with E-state index < -0.39 is 0 Å². The van der Waals surface area contributed by atoms with Gasteiger partial charge in [-0.25, -0.2) is 0 Å². The maximum absolute atomic E-state index is 12.1.